The van der Waals surface area contributed by atoms with Gasteiger partial charge in [0, 0.05) is 0 Å². The molecule has 0 aromatic carbocycles. The van der Waals surface area contributed by atoms with Gasteiger partial charge in [0.2, 0.25) is 0 Å². The summed E-state index contributed by atoms with van der Waals surface area (Å²) >= 11 is 0. The van der Waals surface area contributed by atoms with E-state index in [9.17, 15) is 9.59 Å². The van der Waals surface area contributed by atoms with Gasteiger partial charge in [-0.3, -0.25) is 9.59 Å². The summed E-state index contributed by atoms with van der Waals surface area (Å²) < 4.78 is 0. The molecule has 0 heterocycles. The SMILES string of the molecule is CCCCCCCCCCCCC(C=CC=O)=CC=O. The Balaban J connectivity index is 3.45. The molecule has 0 radical (unpaired) electrons. The molecule has 0 fully saturated rings. The Labute approximate surface area is 124 Å². The monoisotopic (exact) mass is 278 g/mol. The summed E-state index contributed by atoms with van der Waals surface area (Å²) in [5.74, 6) is 0. The lowest BCUT2D eigenvalue weighted by Crippen LogP contribution is -1.85. The van der Waals surface area contributed by atoms with Gasteiger partial charge in [-0.25, -0.2) is 0 Å². The van der Waals surface area contributed by atoms with Crippen molar-refractivity contribution in [3.63, 3.8) is 0 Å². The fourth-order valence-electron chi connectivity index (χ4n) is 2.29. The van der Waals surface area contributed by atoms with Gasteiger partial charge < -0.3 is 0 Å². The molecule has 2 heteroatoms. The smallest absolute Gasteiger partial charge is 0.143 e. The molecular weight excluding hydrogens is 248 g/mol. The van der Waals surface area contributed by atoms with Crippen molar-refractivity contribution in [2.75, 3.05) is 0 Å². The van der Waals surface area contributed by atoms with E-state index in [4.69, 9.17) is 0 Å². The summed E-state index contributed by atoms with van der Waals surface area (Å²) in [6, 6.07) is 0. The molecule has 0 unspecified atom stereocenters. The molecule has 0 aliphatic carbocycles. The molecule has 0 aromatic rings. The molecular formula is C18H30O2. The van der Waals surface area contributed by atoms with Crippen LogP contribution in [0.25, 0.3) is 0 Å². The second-order valence-corrected chi connectivity index (χ2v) is 5.30. The van der Waals surface area contributed by atoms with E-state index in [0.29, 0.717) is 0 Å². The predicted molar refractivity (Wildman–Crippen MR) is 85.8 cm³/mol. The Kier molecular flexibility index (Phi) is 14.9. The van der Waals surface area contributed by atoms with Crippen molar-refractivity contribution in [1.82, 2.24) is 0 Å². The molecule has 0 amide bonds. The van der Waals surface area contributed by atoms with E-state index in [1.807, 2.05) is 0 Å². The van der Waals surface area contributed by atoms with Crippen LogP contribution in [0.15, 0.2) is 23.8 Å². The zero-order valence-electron chi connectivity index (χ0n) is 13.0. The third-order valence-electron chi connectivity index (χ3n) is 3.49. The lowest BCUT2D eigenvalue weighted by Gasteiger charge is -2.03. The third-order valence-corrected chi connectivity index (χ3v) is 3.49. The first-order valence-electron chi connectivity index (χ1n) is 8.11. The van der Waals surface area contributed by atoms with Crippen LogP contribution in [0.1, 0.15) is 77.6 Å². The van der Waals surface area contributed by atoms with Crippen molar-refractivity contribution in [3.05, 3.63) is 23.8 Å². The van der Waals surface area contributed by atoms with Crippen LogP contribution in [0, 0.1) is 0 Å². The highest BCUT2D eigenvalue weighted by molar-refractivity contribution is 5.70. The minimum absolute atomic E-state index is 0.747. The first-order chi connectivity index (χ1) is 9.85. The molecule has 0 saturated carbocycles. The second-order valence-electron chi connectivity index (χ2n) is 5.30. The lowest BCUT2D eigenvalue weighted by atomic mass is 10.0. The Morgan fingerprint density at radius 3 is 1.80 bits per heavy atom. The first-order valence-corrected chi connectivity index (χ1v) is 8.11. The van der Waals surface area contributed by atoms with Crippen LogP contribution in [0.4, 0.5) is 0 Å². The Morgan fingerprint density at radius 2 is 1.30 bits per heavy atom. The fraction of sp³-hybridized carbons (Fsp3) is 0.667. The van der Waals surface area contributed by atoms with Gasteiger partial charge in [0.1, 0.15) is 12.6 Å². The molecule has 0 aliphatic heterocycles. The summed E-state index contributed by atoms with van der Waals surface area (Å²) in [5, 5.41) is 0. The van der Waals surface area contributed by atoms with Crippen LogP contribution < -0.4 is 0 Å². The largest absolute Gasteiger partial charge is 0.299 e. The van der Waals surface area contributed by atoms with Gasteiger partial charge in [0.25, 0.3) is 0 Å². The summed E-state index contributed by atoms with van der Waals surface area (Å²) in [4.78, 5) is 20.7. The average Bonchev–Trinajstić information content (AvgIpc) is 2.46. The van der Waals surface area contributed by atoms with E-state index in [1.54, 1.807) is 12.2 Å². The van der Waals surface area contributed by atoms with Gasteiger partial charge in [-0.2, -0.15) is 0 Å². The molecule has 0 aliphatic rings. The zero-order chi connectivity index (χ0) is 14.9. The van der Waals surface area contributed by atoms with E-state index < -0.39 is 0 Å². The number of hydrogen-bond donors (Lipinski definition) is 0. The molecule has 20 heavy (non-hydrogen) atoms. The standard InChI is InChI=1S/C18H30O2/c1-2-3-4-5-6-7-8-9-10-11-13-18(15-17-20)14-12-16-19/h12,14-17H,2-11,13H2,1H3. The van der Waals surface area contributed by atoms with Gasteiger partial charge in [-0.1, -0.05) is 70.8 Å². The lowest BCUT2D eigenvalue weighted by molar-refractivity contribution is -0.104. The Hall–Kier alpha value is -1.18. The van der Waals surface area contributed by atoms with Gasteiger partial charge in [-0.05, 0) is 30.6 Å². The average molecular weight is 278 g/mol. The van der Waals surface area contributed by atoms with E-state index >= 15 is 0 Å². The molecule has 0 saturated heterocycles. The van der Waals surface area contributed by atoms with Crippen molar-refractivity contribution in [1.29, 1.82) is 0 Å². The predicted octanol–water partition coefficient (Wildman–Crippen LogP) is 5.18. The molecule has 114 valence electrons. The Bertz CT molecular complexity index is 290. The highest BCUT2D eigenvalue weighted by atomic mass is 16.1. The molecule has 0 rings (SSSR count). The highest BCUT2D eigenvalue weighted by Crippen LogP contribution is 2.14. The van der Waals surface area contributed by atoms with Crippen LogP contribution in [0.3, 0.4) is 0 Å². The van der Waals surface area contributed by atoms with Crippen molar-refractivity contribution in [2.24, 2.45) is 0 Å². The van der Waals surface area contributed by atoms with Gasteiger partial charge in [-0.15, -0.1) is 0 Å². The topological polar surface area (TPSA) is 34.1 Å². The minimum Gasteiger partial charge on any atom is -0.299 e. The van der Waals surface area contributed by atoms with Crippen LogP contribution >= 0.6 is 0 Å². The summed E-state index contributed by atoms with van der Waals surface area (Å²) in [5.41, 5.74) is 0.951. The van der Waals surface area contributed by atoms with Gasteiger partial charge in [0.05, 0.1) is 0 Å². The molecule has 0 aromatic heterocycles. The van der Waals surface area contributed by atoms with E-state index in [0.717, 1.165) is 31.0 Å². The number of hydrogen-bond acceptors (Lipinski definition) is 2. The van der Waals surface area contributed by atoms with Crippen molar-refractivity contribution < 1.29 is 9.59 Å². The van der Waals surface area contributed by atoms with Crippen LogP contribution in [-0.4, -0.2) is 12.6 Å². The van der Waals surface area contributed by atoms with E-state index in [-0.39, 0.29) is 0 Å². The van der Waals surface area contributed by atoms with E-state index in [1.165, 1.54) is 63.9 Å². The summed E-state index contributed by atoms with van der Waals surface area (Å²) in [6.45, 7) is 2.25. The number of carbonyl (C=O) groups excluding carboxylic acids is 2. The minimum atomic E-state index is 0.747. The quantitative estimate of drug-likeness (QED) is 0.190. The number of carbonyl (C=O) groups is 2. The third kappa shape index (κ3) is 13.3. The van der Waals surface area contributed by atoms with Crippen molar-refractivity contribution >= 4 is 12.6 Å². The fourth-order valence-corrected chi connectivity index (χ4v) is 2.29. The normalized spacial score (nSPS) is 11.9. The maximum Gasteiger partial charge on any atom is 0.143 e. The van der Waals surface area contributed by atoms with Crippen LogP contribution in [0.2, 0.25) is 0 Å². The van der Waals surface area contributed by atoms with Crippen LogP contribution in [0.5, 0.6) is 0 Å². The van der Waals surface area contributed by atoms with Crippen LogP contribution in [-0.2, 0) is 9.59 Å². The molecule has 0 N–H and O–H groups in total. The molecule has 0 bridgehead atoms. The Morgan fingerprint density at radius 1 is 0.750 bits per heavy atom. The van der Waals surface area contributed by atoms with Crippen molar-refractivity contribution in [2.45, 2.75) is 77.6 Å². The molecule has 0 spiro atoms. The first kappa shape index (κ1) is 18.8. The second kappa shape index (κ2) is 15.9. The number of rotatable bonds is 14. The molecule has 2 nitrogen and oxygen atoms in total. The highest BCUT2D eigenvalue weighted by Gasteiger charge is 1.95. The van der Waals surface area contributed by atoms with E-state index in [2.05, 4.69) is 6.92 Å². The number of aldehydes is 2. The summed E-state index contributed by atoms with van der Waals surface area (Å²) in [7, 11) is 0. The number of unbranched alkanes of at least 4 members (excludes halogenated alkanes) is 9. The maximum atomic E-state index is 10.5. The zero-order valence-corrected chi connectivity index (χ0v) is 13.0. The summed E-state index contributed by atoms with van der Waals surface area (Å²) in [6.07, 6.45) is 20.3. The maximum absolute atomic E-state index is 10.5. The molecule has 0 atom stereocenters. The van der Waals surface area contributed by atoms with Gasteiger partial charge in [0.15, 0.2) is 0 Å². The van der Waals surface area contributed by atoms with Gasteiger partial charge >= 0.3 is 0 Å². The number of allylic oxidation sites excluding steroid dienone is 4. The van der Waals surface area contributed by atoms with Crippen molar-refractivity contribution in [3.8, 4) is 0 Å².